The second-order valence-electron chi connectivity index (χ2n) is 5.99. The van der Waals surface area contributed by atoms with Gasteiger partial charge in [-0.15, -0.1) is 0 Å². The molecule has 0 aliphatic carbocycles. The summed E-state index contributed by atoms with van der Waals surface area (Å²) in [6.07, 6.45) is 2.40. The van der Waals surface area contributed by atoms with E-state index in [4.69, 9.17) is 10.5 Å². The van der Waals surface area contributed by atoms with E-state index in [0.717, 1.165) is 39.0 Å². The first-order valence-electron chi connectivity index (χ1n) is 7.43. The Hall–Kier alpha value is -0.650. The van der Waals surface area contributed by atoms with Crippen LogP contribution < -0.4 is 5.73 Å². The van der Waals surface area contributed by atoms with E-state index in [1.54, 1.807) is 0 Å². The van der Waals surface area contributed by atoms with E-state index in [-0.39, 0.29) is 18.1 Å². The molecule has 0 aromatic rings. The number of hydrogen-bond acceptors (Lipinski definition) is 4. The van der Waals surface area contributed by atoms with Crippen LogP contribution in [-0.2, 0) is 9.53 Å². The van der Waals surface area contributed by atoms with Crippen molar-refractivity contribution in [2.24, 2.45) is 11.7 Å². The van der Waals surface area contributed by atoms with E-state index >= 15 is 0 Å². The molecule has 2 unspecified atom stereocenters. The van der Waals surface area contributed by atoms with Crippen molar-refractivity contribution < 1.29 is 9.53 Å². The molecule has 19 heavy (non-hydrogen) atoms. The van der Waals surface area contributed by atoms with Crippen molar-refractivity contribution in [1.82, 2.24) is 9.80 Å². The maximum atomic E-state index is 12.2. The molecule has 0 radical (unpaired) electrons. The molecule has 1 amide bonds. The van der Waals surface area contributed by atoms with E-state index in [1.165, 1.54) is 0 Å². The zero-order valence-corrected chi connectivity index (χ0v) is 12.2. The lowest BCUT2D eigenvalue weighted by Crippen LogP contribution is -2.50. The molecule has 2 fully saturated rings. The third-order valence-electron chi connectivity index (χ3n) is 4.33. The van der Waals surface area contributed by atoms with Gasteiger partial charge in [-0.05, 0) is 45.7 Å². The van der Waals surface area contributed by atoms with Gasteiger partial charge in [0.1, 0.15) is 0 Å². The Kier molecular flexibility index (Phi) is 5.19. The molecule has 0 aromatic carbocycles. The first-order chi connectivity index (χ1) is 9.06. The molecular formula is C14H27N3O2. The van der Waals surface area contributed by atoms with Gasteiger partial charge in [-0.25, -0.2) is 0 Å². The predicted octanol–water partition coefficient (Wildman–Crippen LogP) is 0.293. The average Bonchev–Trinajstić information content (AvgIpc) is 2.39. The van der Waals surface area contributed by atoms with E-state index in [0.29, 0.717) is 19.1 Å². The SMILES string of the molecule is CC1CN(C(=O)CN2CCC(C(C)N)CC2)CCO1. The summed E-state index contributed by atoms with van der Waals surface area (Å²) in [7, 11) is 0. The minimum absolute atomic E-state index is 0.168. The highest BCUT2D eigenvalue weighted by Gasteiger charge is 2.26. The van der Waals surface area contributed by atoms with Crippen LogP contribution in [0.4, 0.5) is 0 Å². The summed E-state index contributed by atoms with van der Waals surface area (Å²) in [6.45, 7) is 8.79. The Bertz CT molecular complexity index is 301. The first kappa shape index (κ1) is 14.8. The van der Waals surface area contributed by atoms with E-state index in [2.05, 4.69) is 11.8 Å². The number of ether oxygens (including phenoxy) is 1. The maximum absolute atomic E-state index is 12.2. The Morgan fingerprint density at radius 3 is 2.63 bits per heavy atom. The van der Waals surface area contributed by atoms with Gasteiger partial charge in [0.25, 0.3) is 0 Å². The lowest BCUT2D eigenvalue weighted by atomic mass is 9.91. The lowest BCUT2D eigenvalue weighted by molar-refractivity contribution is -0.139. The van der Waals surface area contributed by atoms with Gasteiger partial charge < -0.3 is 15.4 Å². The van der Waals surface area contributed by atoms with E-state index < -0.39 is 0 Å². The van der Waals surface area contributed by atoms with Crippen LogP contribution in [0.25, 0.3) is 0 Å². The van der Waals surface area contributed by atoms with Gasteiger partial charge in [-0.3, -0.25) is 9.69 Å². The Balaban J connectivity index is 1.74. The molecule has 0 aromatic heterocycles. The molecule has 0 saturated carbocycles. The van der Waals surface area contributed by atoms with Crippen LogP contribution >= 0.6 is 0 Å². The maximum Gasteiger partial charge on any atom is 0.236 e. The van der Waals surface area contributed by atoms with Gasteiger partial charge in [-0.1, -0.05) is 0 Å². The van der Waals surface area contributed by atoms with E-state index in [1.807, 2.05) is 11.8 Å². The standard InChI is InChI=1S/C14H27N3O2/c1-11-9-17(7-8-19-11)14(18)10-16-5-3-13(4-6-16)12(2)15/h11-13H,3-10,15H2,1-2H3. The summed E-state index contributed by atoms with van der Waals surface area (Å²) >= 11 is 0. The Morgan fingerprint density at radius 1 is 1.37 bits per heavy atom. The highest BCUT2D eigenvalue weighted by Crippen LogP contribution is 2.19. The topological polar surface area (TPSA) is 58.8 Å². The molecule has 2 heterocycles. The minimum atomic E-state index is 0.168. The van der Waals surface area contributed by atoms with Crippen LogP contribution in [-0.4, -0.2) is 67.2 Å². The van der Waals surface area contributed by atoms with Crippen LogP contribution in [0.2, 0.25) is 0 Å². The molecule has 2 aliphatic rings. The van der Waals surface area contributed by atoms with Crippen molar-refractivity contribution in [1.29, 1.82) is 0 Å². The quantitative estimate of drug-likeness (QED) is 0.800. The molecule has 2 saturated heterocycles. The van der Waals surface area contributed by atoms with Gasteiger partial charge in [-0.2, -0.15) is 0 Å². The molecule has 0 spiro atoms. The van der Waals surface area contributed by atoms with Crippen LogP contribution in [0, 0.1) is 5.92 Å². The van der Waals surface area contributed by atoms with E-state index in [9.17, 15) is 4.79 Å². The number of carbonyl (C=O) groups excluding carboxylic acids is 1. The first-order valence-corrected chi connectivity index (χ1v) is 7.43. The molecule has 2 atom stereocenters. The van der Waals surface area contributed by atoms with Crippen LogP contribution in [0.1, 0.15) is 26.7 Å². The highest BCUT2D eigenvalue weighted by atomic mass is 16.5. The third kappa shape index (κ3) is 4.16. The van der Waals surface area contributed by atoms with Crippen molar-refractivity contribution >= 4 is 5.91 Å². The fourth-order valence-electron chi connectivity index (χ4n) is 2.97. The Morgan fingerprint density at radius 2 is 2.05 bits per heavy atom. The number of nitrogens with two attached hydrogens (primary N) is 1. The Labute approximate surface area is 116 Å². The molecule has 2 aliphatic heterocycles. The molecule has 110 valence electrons. The van der Waals surface area contributed by atoms with Crippen molar-refractivity contribution in [2.75, 3.05) is 39.3 Å². The highest BCUT2D eigenvalue weighted by molar-refractivity contribution is 5.78. The number of piperidine rings is 1. The minimum Gasteiger partial charge on any atom is -0.375 e. The van der Waals surface area contributed by atoms with Crippen molar-refractivity contribution in [2.45, 2.75) is 38.8 Å². The normalized spacial score (nSPS) is 28.4. The van der Waals surface area contributed by atoms with Crippen molar-refractivity contribution in [3.63, 3.8) is 0 Å². The number of likely N-dealkylation sites (tertiary alicyclic amines) is 1. The van der Waals surface area contributed by atoms with Crippen LogP contribution in [0.15, 0.2) is 0 Å². The molecule has 2 N–H and O–H groups in total. The van der Waals surface area contributed by atoms with Gasteiger partial charge >= 0.3 is 0 Å². The summed E-state index contributed by atoms with van der Waals surface area (Å²) in [5.74, 6) is 0.865. The molecule has 5 nitrogen and oxygen atoms in total. The number of amides is 1. The van der Waals surface area contributed by atoms with Gasteiger partial charge in [0.15, 0.2) is 0 Å². The summed E-state index contributed by atoms with van der Waals surface area (Å²) in [4.78, 5) is 16.4. The molecule has 5 heteroatoms. The van der Waals surface area contributed by atoms with Gasteiger partial charge in [0, 0.05) is 19.1 Å². The molecule has 0 bridgehead atoms. The van der Waals surface area contributed by atoms with Gasteiger partial charge in [0.05, 0.1) is 19.3 Å². The number of morpholine rings is 1. The zero-order valence-electron chi connectivity index (χ0n) is 12.2. The predicted molar refractivity (Wildman–Crippen MR) is 74.8 cm³/mol. The smallest absolute Gasteiger partial charge is 0.236 e. The number of carbonyl (C=O) groups is 1. The van der Waals surface area contributed by atoms with Crippen LogP contribution in [0.5, 0.6) is 0 Å². The summed E-state index contributed by atoms with van der Waals surface area (Å²) < 4.78 is 5.47. The average molecular weight is 269 g/mol. The number of nitrogens with zero attached hydrogens (tertiary/aromatic N) is 2. The van der Waals surface area contributed by atoms with Crippen molar-refractivity contribution in [3.8, 4) is 0 Å². The second kappa shape index (κ2) is 6.68. The lowest BCUT2D eigenvalue weighted by Gasteiger charge is -2.36. The number of hydrogen-bond donors (Lipinski definition) is 1. The summed E-state index contributed by atoms with van der Waals surface area (Å²) in [5, 5.41) is 0. The van der Waals surface area contributed by atoms with Gasteiger partial charge in [0.2, 0.25) is 5.91 Å². The summed E-state index contributed by atoms with van der Waals surface area (Å²) in [6, 6.07) is 0.276. The number of rotatable bonds is 3. The zero-order chi connectivity index (χ0) is 13.8. The van der Waals surface area contributed by atoms with Crippen molar-refractivity contribution in [3.05, 3.63) is 0 Å². The second-order valence-corrected chi connectivity index (χ2v) is 5.99. The largest absolute Gasteiger partial charge is 0.375 e. The summed E-state index contributed by atoms with van der Waals surface area (Å²) in [5.41, 5.74) is 5.94. The molecular weight excluding hydrogens is 242 g/mol. The van der Waals surface area contributed by atoms with Crippen LogP contribution in [0.3, 0.4) is 0 Å². The fraction of sp³-hybridized carbons (Fsp3) is 0.929. The third-order valence-corrected chi connectivity index (χ3v) is 4.33. The molecule has 2 rings (SSSR count). The fourth-order valence-corrected chi connectivity index (χ4v) is 2.97. The monoisotopic (exact) mass is 269 g/mol.